The Hall–Kier alpha value is -1.49. The van der Waals surface area contributed by atoms with E-state index in [0.29, 0.717) is 23.2 Å². The summed E-state index contributed by atoms with van der Waals surface area (Å²) in [4.78, 5) is 4.63. The summed E-state index contributed by atoms with van der Waals surface area (Å²) in [5, 5.41) is 0.0802. The number of rotatable bonds is 5. The van der Waals surface area contributed by atoms with Crippen molar-refractivity contribution in [2.75, 3.05) is 0 Å². The van der Waals surface area contributed by atoms with E-state index in [4.69, 9.17) is 11.6 Å². The zero-order chi connectivity index (χ0) is 17.5. The van der Waals surface area contributed by atoms with Crippen LogP contribution in [0.5, 0.6) is 0 Å². The number of hydrogen-bond donors (Lipinski definition) is 0. The van der Waals surface area contributed by atoms with Gasteiger partial charge < -0.3 is 4.57 Å². The lowest BCUT2D eigenvalue weighted by molar-refractivity contribution is -0.137. The molecule has 1 fully saturated rings. The van der Waals surface area contributed by atoms with Crippen LogP contribution in [0.3, 0.4) is 0 Å². The average Bonchev–Trinajstić information content (AvgIpc) is 3.26. The van der Waals surface area contributed by atoms with Crippen LogP contribution in [-0.4, -0.2) is 9.55 Å². The van der Waals surface area contributed by atoms with Crippen LogP contribution in [0.25, 0.3) is 11.3 Å². The number of benzene rings is 1. The molecule has 1 heterocycles. The second kappa shape index (κ2) is 6.43. The van der Waals surface area contributed by atoms with Gasteiger partial charge in [0, 0.05) is 24.2 Å². The van der Waals surface area contributed by atoms with Gasteiger partial charge in [-0.2, -0.15) is 13.2 Å². The lowest BCUT2D eigenvalue weighted by Gasteiger charge is -2.18. The molecule has 2 nitrogen and oxygen atoms in total. The number of nitrogens with zero attached hydrogens (tertiary/aromatic N) is 2. The zero-order valence-corrected chi connectivity index (χ0v) is 14.5. The maximum absolute atomic E-state index is 12.8. The highest BCUT2D eigenvalue weighted by molar-refractivity contribution is 6.33. The number of aryl methyl sites for hydroxylation is 1. The standard InChI is InChI=1S/C18H20ClF3N2/c1-3-16(11-5-6-11)24-10-15(23-17(24)4-2)13-8-7-12(9-14(13)19)18(20,21)22/h7-11,16H,3-6H2,1-2H3. The fourth-order valence-electron chi connectivity index (χ4n) is 3.25. The van der Waals surface area contributed by atoms with Crippen LogP contribution in [0.1, 0.15) is 50.5 Å². The van der Waals surface area contributed by atoms with Crippen LogP contribution in [0.2, 0.25) is 5.02 Å². The summed E-state index contributed by atoms with van der Waals surface area (Å²) in [7, 11) is 0. The molecule has 130 valence electrons. The molecule has 1 saturated carbocycles. The fraction of sp³-hybridized carbons (Fsp3) is 0.500. The number of halogens is 4. The fourth-order valence-corrected chi connectivity index (χ4v) is 3.53. The van der Waals surface area contributed by atoms with Crippen molar-refractivity contribution in [1.29, 1.82) is 0 Å². The van der Waals surface area contributed by atoms with E-state index >= 15 is 0 Å². The zero-order valence-electron chi connectivity index (χ0n) is 13.7. The molecule has 0 saturated heterocycles. The van der Waals surface area contributed by atoms with E-state index < -0.39 is 11.7 Å². The van der Waals surface area contributed by atoms with Crippen LogP contribution in [0.15, 0.2) is 24.4 Å². The maximum atomic E-state index is 12.8. The minimum atomic E-state index is -4.39. The van der Waals surface area contributed by atoms with Crippen molar-refractivity contribution in [3.05, 3.63) is 40.8 Å². The van der Waals surface area contributed by atoms with Crippen molar-refractivity contribution in [2.45, 2.75) is 51.7 Å². The summed E-state index contributed by atoms with van der Waals surface area (Å²) in [5.41, 5.74) is 0.448. The Morgan fingerprint density at radius 2 is 2.00 bits per heavy atom. The van der Waals surface area contributed by atoms with Crippen LogP contribution >= 0.6 is 11.6 Å². The highest BCUT2D eigenvalue weighted by atomic mass is 35.5. The van der Waals surface area contributed by atoms with Crippen molar-refractivity contribution in [2.24, 2.45) is 5.92 Å². The highest BCUT2D eigenvalue weighted by Crippen LogP contribution is 2.43. The predicted octanol–water partition coefficient (Wildman–Crippen LogP) is 6.15. The number of hydrogen-bond acceptors (Lipinski definition) is 1. The van der Waals surface area contributed by atoms with Gasteiger partial charge in [0.05, 0.1) is 16.3 Å². The third kappa shape index (κ3) is 3.32. The molecule has 24 heavy (non-hydrogen) atoms. The Morgan fingerprint density at radius 1 is 1.29 bits per heavy atom. The molecule has 0 spiro atoms. The molecule has 3 rings (SSSR count). The van der Waals surface area contributed by atoms with Crippen molar-refractivity contribution in [3.8, 4) is 11.3 Å². The molecule has 6 heteroatoms. The molecule has 1 atom stereocenters. The summed E-state index contributed by atoms with van der Waals surface area (Å²) in [6.07, 6.45) is 1.82. The molecule has 1 aliphatic rings. The summed E-state index contributed by atoms with van der Waals surface area (Å²) in [5.74, 6) is 1.64. The molecule has 1 aromatic heterocycles. The topological polar surface area (TPSA) is 17.8 Å². The van der Waals surface area contributed by atoms with Gasteiger partial charge in [0.2, 0.25) is 0 Å². The van der Waals surface area contributed by atoms with Crippen molar-refractivity contribution in [1.82, 2.24) is 9.55 Å². The summed E-state index contributed by atoms with van der Waals surface area (Å²) in [6.45, 7) is 4.20. The first-order valence-electron chi connectivity index (χ1n) is 8.30. The van der Waals surface area contributed by atoms with Gasteiger partial charge >= 0.3 is 6.18 Å². The van der Waals surface area contributed by atoms with E-state index in [1.807, 2.05) is 13.1 Å². The van der Waals surface area contributed by atoms with Gasteiger partial charge in [-0.05, 0) is 37.3 Å². The monoisotopic (exact) mass is 356 g/mol. The van der Waals surface area contributed by atoms with Crippen molar-refractivity contribution < 1.29 is 13.2 Å². The molecule has 0 N–H and O–H groups in total. The minimum Gasteiger partial charge on any atom is -0.331 e. The second-order valence-corrected chi connectivity index (χ2v) is 6.72. The Labute approximate surface area is 144 Å². The Bertz CT molecular complexity index is 732. The third-order valence-corrected chi connectivity index (χ3v) is 4.95. The number of imidazole rings is 1. The first kappa shape index (κ1) is 17.3. The Kier molecular flexibility index (Phi) is 4.65. The number of aromatic nitrogens is 2. The molecule has 0 radical (unpaired) electrons. The lowest BCUT2D eigenvalue weighted by Crippen LogP contribution is -2.12. The van der Waals surface area contributed by atoms with Gasteiger partial charge in [0.15, 0.2) is 0 Å². The molecule has 1 aromatic carbocycles. The van der Waals surface area contributed by atoms with Crippen LogP contribution in [-0.2, 0) is 12.6 Å². The quantitative estimate of drug-likeness (QED) is 0.628. The van der Waals surface area contributed by atoms with E-state index in [0.717, 1.165) is 30.8 Å². The van der Waals surface area contributed by atoms with E-state index in [9.17, 15) is 13.2 Å². The minimum absolute atomic E-state index is 0.0802. The molecule has 0 amide bonds. The van der Waals surface area contributed by atoms with Gasteiger partial charge in [0.25, 0.3) is 0 Å². The molecule has 0 aliphatic heterocycles. The number of alkyl halides is 3. The average molecular weight is 357 g/mol. The first-order chi connectivity index (χ1) is 11.3. The highest BCUT2D eigenvalue weighted by Gasteiger charge is 2.33. The molecule has 0 bridgehead atoms. The van der Waals surface area contributed by atoms with Gasteiger partial charge in [-0.25, -0.2) is 4.98 Å². The van der Waals surface area contributed by atoms with Crippen molar-refractivity contribution >= 4 is 11.6 Å². The summed E-state index contributed by atoms with van der Waals surface area (Å²) < 4.78 is 40.6. The maximum Gasteiger partial charge on any atom is 0.416 e. The third-order valence-electron chi connectivity index (χ3n) is 4.64. The van der Waals surface area contributed by atoms with Gasteiger partial charge in [-0.15, -0.1) is 0 Å². The SMILES string of the molecule is CCc1nc(-c2ccc(C(F)(F)F)cc2Cl)cn1C(CC)C1CC1. The normalized spacial score (nSPS) is 16.4. The van der Waals surface area contributed by atoms with E-state index in [1.165, 1.54) is 18.9 Å². The largest absolute Gasteiger partial charge is 0.416 e. The van der Waals surface area contributed by atoms with E-state index in [1.54, 1.807) is 0 Å². The second-order valence-electron chi connectivity index (χ2n) is 6.31. The molecule has 1 unspecified atom stereocenters. The summed E-state index contributed by atoms with van der Waals surface area (Å²) in [6, 6.07) is 3.86. The van der Waals surface area contributed by atoms with Crippen LogP contribution in [0.4, 0.5) is 13.2 Å². The molecule has 1 aliphatic carbocycles. The smallest absolute Gasteiger partial charge is 0.331 e. The van der Waals surface area contributed by atoms with Crippen molar-refractivity contribution in [3.63, 3.8) is 0 Å². The first-order valence-corrected chi connectivity index (χ1v) is 8.67. The lowest BCUT2D eigenvalue weighted by atomic mass is 10.1. The van der Waals surface area contributed by atoms with E-state index in [2.05, 4.69) is 16.5 Å². The van der Waals surface area contributed by atoms with Gasteiger partial charge in [-0.3, -0.25) is 0 Å². The Morgan fingerprint density at radius 3 is 2.50 bits per heavy atom. The molecular formula is C18H20ClF3N2. The predicted molar refractivity (Wildman–Crippen MR) is 89.1 cm³/mol. The van der Waals surface area contributed by atoms with Gasteiger partial charge in [0.1, 0.15) is 5.82 Å². The van der Waals surface area contributed by atoms with Gasteiger partial charge in [-0.1, -0.05) is 31.5 Å². The van der Waals surface area contributed by atoms with Crippen LogP contribution in [0, 0.1) is 5.92 Å². The molecule has 2 aromatic rings. The van der Waals surface area contributed by atoms with E-state index in [-0.39, 0.29) is 5.02 Å². The Balaban J connectivity index is 1.99. The summed E-state index contributed by atoms with van der Waals surface area (Å²) >= 11 is 6.11. The van der Waals surface area contributed by atoms with Crippen LogP contribution < -0.4 is 0 Å². The molecular weight excluding hydrogens is 337 g/mol.